The van der Waals surface area contributed by atoms with Crippen molar-refractivity contribution in [3.63, 3.8) is 0 Å². The number of imidazole rings is 1. The van der Waals surface area contributed by atoms with Gasteiger partial charge in [0, 0.05) is 67.7 Å². The van der Waals surface area contributed by atoms with Gasteiger partial charge in [-0.3, -0.25) is 14.7 Å². The molecule has 0 spiro atoms. The Kier molecular flexibility index (Phi) is 5.14. The minimum absolute atomic E-state index is 0.199. The average molecular weight is 433 g/mol. The topological polar surface area (TPSA) is 63.1 Å². The van der Waals surface area contributed by atoms with Crippen LogP contribution in [0.3, 0.4) is 0 Å². The molecule has 0 saturated heterocycles. The summed E-state index contributed by atoms with van der Waals surface area (Å²) < 4.78 is 28.9. The molecule has 2 aromatic heterocycles. The first-order valence-electron chi connectivity index (χ1n) is 10.3. The van der Waals surface area contributed by atoms with E-state index < -0.39 is 11.6 Å². The number of nitrogens with one attached hydrogen (secondary N) is 1. The summed E-state index contributed by atoms with van der Waals surface area (Å²) in [7, 11) is 1.93. The van der Waals surface area contributed by atoms with Gasteiger partial charge in [-0.25, -0.2) is 13.8 Å². The Balaban J connectivity index is 1.52. The highest BCUT2D eigenvalue weighted by Crippen LogP contribution is 2.29. The smallest absolute Gasteiger partial charge is 0.256 e. The zero-order chi connectivity index (χ0) is 22.2. The molecular weight excluding hydrogens is 412 g/mol. The number of pyridine rings is 1. The number of hydrogen-bond acceptors (Lipinski definition) is 4. The molecule has 0 aliphatic carbocycles. The number of aryl methyl sites for hydroxylation is 1. The van der Waals surface area contributed by atoms with Crippen LogP contribution < -0.4 is 5.32 Å². The van der Waals surface area contributed by atoms with Gasteiger partial charge in [-0.05, 0) is 18.2 Å². The minimum atomic E-state index is -1.01. The van der Waals surface area contributed by atoms with Crippen molar-refractivity contribution in [2.45, 2.75) is 19.5 Å². The Morgan fingerprint density at radius 2 is 2.00 bits per heavy atom. The number of carbonyl (C=O) groups is 1. The molecule has 32 heavy (non-hydrogen) atoms. The zero-order valence-electron chi connectivity index (χ0n) is 17.5. The van der Waals surface area contributed by atoms with Gasteiger partial charge in [0.05, 0.1) is 23.1 Å². The first-order chi connectivity index (χ1) is 15.5. The van der Waals surface area contributed by atoms with Gasteiger partial charge in [-0.1, -0.05) is 18.2 Å². The van der Waals surface area contributed by atoms with Crippen LogP contribution >= 0.6 is 0 Å². The highest BCUT2D eigenvalue weighted by Gasteiger charge is 2.26. The molecule has 3 heterocycles. The number of benzene rings is 2. The zero-order valence-corrected chi connectivity index (χ0v) is 17.5. The van der Waals surface area contributed by atoms with Crippen LogP contribution in [-0.2, 0) is 26.6 Å². The second kappa shape index (κ2) is 8.12. The van der Waals surface area contributed by atoms with E-state index in [1.165, 1.54) is 6.07 Å². The molecule has 0 atom stereocenters. The van der Waals surface area contributed by atoms with E-state index in [0.717, 1.165) is 46.5 Å². The van der Waals surface area contributed by atoms with Gasteiger partial charge < -0.3 is 9.88 Å². The van der Waals surface area contributed by atoms with E-state index in [9.17, 15) is 13.6 Å². The molecule has 1 amide bonds. The highest BCUT2D eigenvalue weighted by molar-refractivity contribution is 6.13. The lowest BCUT2D eigenvalue weighted by molar-refractivity contribution is 0.102. The van der Waals surface area contributed by atoms with Crippen LogP contribution in [0.5, 0.6) is 0 Å². The number of carbonyl (C=O) groups excluding carboxylic acids is 1. The van der Waals surface area contributed by atoms with Crippen LogP contribution in [0, 0.1) is 11.6 Å². The van der Waals surface area contributed by atoms with Gasteiger partial charge in [-0.15, -0.1) is 0 Å². The summed E-state index contributed by atoms with van der Waals surface area (Å²) in [5.74, 6) is -2.34. The second-order valence-electron chi connectivity index (χ2n) is 8.00. The Morgan fingerprint density at radius 3 is 2.78 bits per heavy atom. The van der Waals surface area contributed by atoms with Crippen molar-refractivity contribution in [2.24, 2.45) is 7.05 Å². The van der Waals surface area contributed by atoms with Crippen molar-refractivity contribution >= 4 is 22.5 Å². The molecule has 1 N–H and O–H groups in total. The van der Waals surface area contributed by atoms with Crippen LogP contribution in [0.4, 0.5) is 14.5 Å². The Morgan fingerprint density at radius 1 is 1.16 bits per heavy atom. The van der Waals surface area contributed by atoms with Crippen molar-refractivity contribution < 1.29 is 13.6 Å². The van der Waals surface area contributed by atoms with E-state index in [1.54, 1.807) is 6.33 Å². The quantitative estimate of drug-likeness (QED) is 0.527. The fraction of sp³-hybridized carbons (Fsp3) is 0.208. The summed E-state index contributed by atoms with van der Waals surface area (Å²) in [6.07, 6.45) is 4.45. The maximum Gasteiger partial charge on any atom is 0.256 e. The molecule has 1 aliphatic heterocycles. The molecule has 5 rings (SSSR count). The molecule has 0 radical (unpaired) electrons. The van der Waals surface area contributed by atoms with Crippen LogP contribution in [-0.4, -0.2) is 31.9 Å². The average Bonchev–Trinajstić information content (AvgIpc) is 3.19. The van der Waals surface area contributed by atoms with Crippen LogP contribution in [0.25, 0.3) is 10.9 Å². The lowest BCUT2D eigenvalue weighted by Gasteiger charge is -2.29. The van der Waals surface area contributed by atoms with Crippen LogP contribution in [0.15, 0.2) is 55.0 Å². The molecule has 4 aromatic rings. The predicted molar refractivity (Wildman–Crippen MR) is 117 cm³/mol. The van der Waals surface area contributed by atoms with Gasteiger partial charge in [0.2, 0.25) is 0 Å². The van der Waals surface area contributed by atoms with Crippen LogP contribution in [0.1, 0.15) is 27.3 Å². The number of fused-ring (bicyclic) bond motifs is 2. The van der Waals surface area contributed by atoms with Crippen molar-refractivity contribution in [3.05, 3.63) is 89.1 Å². The summed E-state index contributed by atoms with van der Waals surface area (Å²) in [6, 6.07) is 10.8. The van der Waals surface area contributed by atoms with Gasteiger partial charge in [0.1, 0.15) is 0 Å². The fourth-order valence-corrected chi connectivity index (χ4v) is 4.19. The Bertz CT molecular complexity index is 1330. The van der Waals surface area contributed by atoms with Crippen molar-refractivity contribution in [1.29, 1.82) is 0 Å². The van der Waals surface area contributed by atoms with E-state index in [4.69, 9.17) is 4.98 Å². The number of hydrogen-bond donors (Lipinski definition) is 1. The number of nitrogens with zero attached hydrogens (tertiary/aromatic N) is 4. The third kappa shape index (κ3) is 3.85. The molecule has 2 aromatic carbocycles. The standard InChI is InChI=1S/C24H21F2N5O/c1-30-11-16(27-14-30)12-31-9-8-22-18(13-31)23(17-4-2-3-5-21(17)29-22)24(32)28-15-6-7-19(25)20(26)10-15/h2-7,10-11,14H,8-9,12-13H2,1H3,(H,28,32). The minimum Gasteiger partial charge on any atom is -0.340 e. The monoisotopic (exact) mass is 433 g/mol. The van der Waals surface area contributed by atoms with Gasteiger partial charge in [0.15, 0.2) is 11.6 Å². The summed E-state index contributed by atoms with van der Waals surface area (Å²) in [6.45, 7) is 2.01. The molecule has 1 aliphatic rings. The summed E-state index contributed by atoms with van der Waals surface area (Å²) in [5.41, 5.74) is 4.14. The second-order valence-corrected chi connectivity index (χ2v) is 8.00. The largest absolute Gasteiger partial charge is 0.340 e. The predicted octanol–water partition coefficient (Wildman–Crippen LogP) is 4.06. The lowest BCUT2D eigenvalue weighted by Crippen LogP contribution is -2.33. The lowest BCUT2D eigenvalue weighted by atomic mass is 9.95. The van der Waals surface area contributed by atoms with E-state index in [-0.39, 0.29) is 11.6 Å². The van der Waals surface area contributed by atoms with E-state index in [2.05, 4.69) is 15.2 Å². The maximum absolute atomic E-state index is 13.7. The summed E-state index contributed by atoms with van der Waals surface area (Å²) >= 11 is 0. The molecule has 0 bridgehead atoms. The highest BCUT2D eigenvalue weighted by atomic mass is 19.2. The Labute approximate surface area is 183 Å². The number of amides is 1. The molecule has 162 valence electrons. The maximum atomic E-state index is 13.7. The SMILES string of the molecule is Cn1cnc(CN2CCc3nc4ccccc4c(C(=O)Nc4ccc(F)c(F)c4)c3C2)c1. The van der Waals surface area contributed by atoms with Crippen molar-refractivity contribution in [3.8, 4) is 0 Å². The fourth-order valence-electron chi connectivity index (χ4n) is 4.19. The number of anilines is 1. The first-order valence-corrected chi connectivity index (χ1v) is 10.3. The third-order valence-electron chi connectivity index (χ3n) is 5.67. The van der Waals surface area contributed by atoms with Crippen molar-refractivity contribution in [2.75, 3.05) is 11.9 Å². The van der Waals surface area contributed by atoms with Crippen LogP contribution in [0.2, 0.25) is 0 Å². The number of halogens is 2. The normalized spacial score (nSPS) is 13.8. The summed E-state index contributed by atoms with van der Waals surface area (Å²) in [4.78, 5) is 24.8. The Hall–Kier alpha value is -3.65. The van der Waals surface area contributed by atoms with Gasteiger partial charge in [0.25, 0.3) is 5.91 Å². The molecule has 8 heteroatoms. The molecular formula is C24H21F2N5O. The number of para-hydroxylation sites is 1. The van der Waals surface area contributed by atoms with Crippen molar-refractivity contribution in [1.82, 2.24) is 19.4 Å². The van der Waals surface area contributed by atoms with Gasteiger partial charge >= 0.3 is 0 Å². The van der Waals surface area contributed by atoms with Gasteiger partial charge in [-0.2, -0.15) is 0 Å². The first kappa shape index (κ1) is 20.3. The number of aromatic nitrogens is 3. The van der Waals surface area contributed by atoms with E-state index in [1.807, 2.05) is 42.1 Å². The molecule has 0 saturated carbocycles. The molecule has 0 fully saturated rings. The van der Waals surface area contributed by atoms with E-state index >= 15 is 0 Å². The number of rotatable bonds is 4. The summed E-state index contributed by atoms with van der Waals surface area (Å²) in [5, 5.41) is 3.46. The van der Waals surface area contributed by atoms with E-state index in [0.29, 0.717) is 25.1 Å². The molecule has 0 unspecified atom stereocenters. The third-order valence-corrected chi connectivity index (χ3v) is 5.67. The molecule has 6 nitrogen and oxygen atoms in total.